The lowest BCUT2D eigenvalue weighted by atomic mass is 10.1. The first kappa shape index (κ1) is 32.8. The van der Waals surface area contributed by atoms with Crippen molar-refractivity contribution < 1.29 is 23.1 Å². The molecule has 0 radical (unpaired) electrons. The van der Waals surface area contributed by atoms with Crippen LogP contribution in [0, 0.1) is 0 Å². The van der Waals surface area contributed by atoms with Crippen LogP contribution in [0.15, 0.2) is 83.8 Å². The first-order valence-corrected chi connectivity index (χ1v) is 13.2. The van der Waals surface area contributed by atoms with Gasteiger partial charge in [-0.05, 0) is 60.7 Å². The molecule has 0 spiro atoms. The molecule has 0 atom stereocenters. The molecular formula is C27H29Cl3N4O5S. The number of nitrogens with one attached hydrogen (secondary N) is 1. The molecule has 9 nitrogen and oxygen atoms in total. The molecule has 0 aliphatic carbocycles. The third-order valence-electron chi connectivity index (χ3n) is 6.37. The molecule has 214 valence electrons. The number of benzene rings is 3. The van der Waals surface area contributed by atoms with Gasteiger partial charge in [-0.3, -0.25) is 4.72 Å². The number of nitrogens with zero attached hydrogens (tertiary/aromatic N) is 3. The zero-order chi connectivity index (χ0) is 26.0. The third-order valence-corrected chi connectivity index (χ3v) is 7.77. The molecule has 13 heteroatoms. The summed E-state index contributed by atoms with van der Waals surface area (Å²) in [5.74, 6) is 0.0232. The number of ether oxygens (including phenoxy) is 1. The van der Waals surface area contributed by atoms with Crippen LogP contribution in [0.1, 0.15) is 10.4 Å². The van der Waals surface area contributed by atoms with E-state index >= 15 is 0 Å². The van der Waals surface area contributed by atoms with E-state index in [1.807, 2.05) is 18.2 Å². The van der Waals surface area contributed by atoms with E-state index in [2.05, 4.69) is 26.7 Å². The molecular weight excluding hydrogens is 599 g/mol. The van der Waals surface area contributed by atoms with Crippen LogP contribution >= 0.6 is 37.2 Å². The maximum absolute atomic E-state index is 12.9. The number of para-hydroxylation sites is 1. The van der Waals surface area contributed by atoms with Gasteiger partial charge in [-0.1, -0.05) is 18.2 Å². The summed E-state index contributed by atoms with van der Waals surface area (Å²) in [7, 11) is -2.38. The number of piperazine rings is 1. The minimum Gasteiger partial charge on any atom is -0.497 e. The van der Waals surface area contributed by atoms with Crippen LogP contribution in [-0.4, -0.2) is 57.8 Å². The quantitative estimate of drug-likeness (QED) is 0.283. The second-order valence-electron chi connectivity index (χ2n) is 8.66. The number of carbonyl (C=O) groups is 1. The fourth-order valence-corrected chi connectivity index (χ4v) is 5.47. The highest BCUT2D eigenvalue weighted by Gasteiger charge is 2.22. The van der Waals surface area contributed by atoms with E-state index in [4.69, 9.17) is 9.72 Å². The minimum atomic E-state index is -3.88. The molecule has 0 saturated carbocycles. The Balaban J connectivity index is 0.00000187. The van der Waals surface area contributed by atoms with Crippen LogP contribution in [0.3, 0.4) is 0 Å². The molecule has 40 heavy (non-hydrogen) atoms. The first-order chi connectivity index (χ1) is 17.8. The van der Waals surface area contributed by atoms with Gasteiger partial charge in [0.05, 0.1) is 23.1 Å². The number of halogens is 3. The Morgan fingerprint density at radius 3 is 2.10 bits per heavy atom. The molecule has 3 aromatic carbocycles. The van der Waals surface area contributed by atoms with Crippen molar-refractivity contribution in [2.45, 2.75) is 4.90 Å². The average molecular weight is 628 g/mol. The van der Waals surface area contributed by atoms with Gasteiger partial charge in [-0.25, -0.2) is 18.2 Å². The zero-order valence-corrected chi connectivity index (χ0v) is 24.7. The number of aromatic nitrogens is 1. The highest BCUT2D eigenvalue weighted by atomic mass is 35.5. The number of carboxylic acid groups (broad SMARTS) is 1. The number of fused-ring (bicyclic) bond motifs is 1. The molecule has 0 unspecified atom stereocenters. The smallest absolute Gasteiger partial charge is 0.336 e. The summed E-state index contributed by atoms with van der Waals surface area (Å²) in [6, 6.07) is 22.4. The summed E-state index contributed by atoms with van der Waals surface area (Å²) in [6.07, 6.45) is 0. The second-order valence-corrected chi connectivity index (χ2v) is 10.3. The van der Waals surface area contributed by atoms with Crippen LogP contribution in [0.4, 0.5) is 17.2 Å². The van der Waals surface area contributed by atoms with E-state index in [1.54, 1.807) is 30.3 Å². The number of methoxy groups -OCH3 is 1. The predicted octanol–water partition coefficient (Wildman–Crippen LogP) is 5.33. The number of hydrogen-bond donors (Lipinski definition) is 2. The Kier molecular flexibility index (Phi) is 11.3. The molecule has 4 aromatic rings. The van der Waals surface area contributed by atoms with Crippen LogP contribution in [0.5, 0.6) is 5.75 Å². The van der Waals surface area contributed by atoms with Crippen LogP contribution in [0.25, 0.3) is 10.9 Å². The zero-order valence-electron chi connectivity index (χ0n) is 21.4. The number of carboxylic acids is 1. The Labute approximate surface area is 251 Å². The summed E-state index contributed by atoms with van der Waals surface area (Å²) < 4.78 is 33.3. The highest BCUT2D eigenvalue weighted by molar-refractivity contribution is 7.92. The fourth-order valence-electron chi connectivity index (χ4n) is 4.42. The standard InChI is InChI=1S/C27H26N4O5S.3ClH/c1-36-21-8-10-22(11-9-21)37(34,35)29-19-7-12-25-23(17-19)24(27(32)33)18-26(28-25)31-15-13-30(14-16-31)20-5-3-2-4-6-20;;;/h2-12,17-18,29H,13-16H2,1H3,(H,32,33);3*1H. The number of sulfonamides is 1. The number of aromatic carboxylic acids is 1. The average Bonchev–Trinajstić information content (AvgIpc) is 2.93. The van der Waals surface area contributed by atoms with Gasteiger partial charge in [-0.15, -0.1) is 37.2 Å². The lowest BCUT2D eigenvalue weighted by Gasteiger charge is -2.37. The van der Waals surface area contributed by atoms with E-state index in [-0.39, 0.29) is 53.4 Å². The molecule has 1 saturated heterocycles. The molecule has 1 aromatic heterocycles. The summed E-state index contributed by atoms with van der Waals surface area (Å²) in [4.78, 5) is 21.3. The van der Waals surface area contributed by atoms with E-state index < -0.39 is 16.0 Å². The van der Waals surface area contributed by atoms with Crippen molar-refractivity contribution >= 4 is 81.3 Å². The summed E-state index contributed by atoms with van der Waals surface area (Å²) >= 11 is 0. The highest BCUT2D eigenvalue weighted by Crippen LogP contribution is 2.28. The summed E-state index contributed by atoms with van der Waals surface area (Å²) in [6.45, 7) is 2.98. The number of anilines is 3. The molecule has 2 N–H and O–H groups in total. The molecule has 1 aliphatic rings. The maximum Gasteiger partial charge on any atom is 0.336 e. The number of rotatable bonds is 7. The van der Waals surface area contributed by atoms with Gasteiger partial charge in [0.25, 0.3) is 10.0 Å². The van der Waals surface area contributed by atoms with E-state index in [9.17, 15) is 18.3 Å². The lowest BCUT2D eigenvalue weighted by Crippen LogP contribution is -2.46. The normalized spacial score (nSPS) is 12.9. The van der Waals surface area contributed by atoms with Crippen molar-refractivity contribution in [3.63, 3.8) is 0 Å². The van der Waals surface area contributed by atoms with Crippen molar-refractivity contribution in [1.29, 1.82) is 0 Å². The fraction of sp³-hybridized carbons (Fsp3) is 0.185. The molecule has 0 amide bonds. The largest absolute Gasteiger partial charge is 0.497 e. The SMILES string of the molecule is COc1ccc(S(=O)(=O)Nc2ccc3nc(N4CCN(c5ccccc5)CC4)cc(C(=O)O)c3c2)cc1.Cl.Cl.Cl. The summed E-state index contributed by atoms with van der Waals surface area (Å²) in [5.41, 5.74) is 1.95. The van der Waals surface area contributed by atoms with E-state index in [1.165, 1.54) is 25.3 Å². The molecule has 1 aliphatic heterocycles. The first-order valence-electron chi connectivity index (χ1n) is 11.7. The number of hydrogen-bond acceptors (Lipinski definition) is 7. The third kappa shape index (κ3) is 7.00. The van der Waals surface area contributed by atoms with Gasteiger partial charge in [0.1, 0.15) is 11.6 Å². The van der Waals surface area contributed by atoms with Crippen molar-refractivity contribution in [3.05, 3.63) is 84.4 Å². The molecule has 2 heterocycles. The van der Waals surface area contributed by atoms with Gasteiger partial charge >= 0.3 is 5.97 Å². The summed E-state index contributed by atoms with van der Waals surface area (Å²) in [5, 5.41) is 10.3. The molecule has 0 bridgehead atoms. The maximum atomic E-state index is 12.9. The number of pyridine rings is 1. The Bertz CT molecular complexity index is 1550. The molecule has 5 rings (SSSR count). The van der Waals surface area contributed by atoms with Crippen LogP contribution in [0.2, 0.25) is 0 Å². The second kappa shape index (κ2) is 13.8. The predicted molar refractivity (Wildman–Crippen MR) is 165 cm³/mol. The van der Waals surface area contributed by atoms with Crippen LogP contribution in [-0.2, 0) is 10.0 Å². The van der Waals surface area contributed by atoms with Crippen LogP contribution < -0.4 is 19.3 Å². The lowest BCUT2D eigenvalue weighted by molar-refractivity contribution is 0.0699. The van der Waals surface area contributed by atoms with Gasteiger partial charge in [0.15, 0.2) is 0 Å². The van der Waals surface area contributed by atoms with Gasteiger partial charge in [0.2, 0.25) is 0 Å². The van der Waals surface area contributed by atoms with E-state index in [0.29, 0.717) is 35.6 Å². The van der Waals surface area contributed by atoms with E-state index in [0.717, 1.165) is 18.8 Å². The van der Waals surface area contributed by atoms with Crippen molar-refractivity contribution in [3.8, 4) is 5.75 Å². The van der Waals surface area contributed by atoms with Gasteiger partial charge < -0.3 is 19.6 Å². The monoisotopic (exact) mass is 626 g/mol. The van der Waals surface area contributed by atoms with Gasteiger partial charge in [0, 0.05) is 42.9 Å². The Morgan fingerprint density at radius 2 is 1.50 bits per heavy atom. The molecule has 1 fully saturated rings. The minimum absolute atomic E-state index is 0. The topological polar surface area (TPSA) is 112 Å². The van der Waals surface area contributed by atoms with Crippen molar-refractivity contribution in [1.82, 2.24) is 4.98 Å². The Morgan fingerprint density at radius 1 is 0.875 bits per heavy atom. The Hall–Kier alpha value is -3.44. The van der Waals surface area contributed by atoms with Crippen molar-refractivity contribution in [2.24, 2.45) is 0 Å². The van der Waals surface area contributed by atoms with Gasteiger partial charge in [-0.2, -0.15) is 0 Å². The van der Waals surface area contributed by atoms with Crippen molar-refractivity contribution in [2.75, 3.05) is 47.8 Å².